The van der Waals surface area contributed by atoms with Gasteiger partial charge in [0, 0.05) is 16.6 Å². The smallest absolute Gasteiger partial charge is 0.355 e. The van der Waals surface area contributed by atoms with E-state index in [1.165, 1.54) is 0 Å². The molecule has 1 aliphatic carbocycles. The van der Waals surface area contributed by atoms with Crippen LogP contribution >= 0.6 is 0 Å². The normalized spacial score (nSPS) is 25.9. The van der Waals surface area contributed by atoms with Crippen LogP contribution in [0.4, 0.5) is 5.69 Å². The fraction of sp³-hybridized carbons (Fsp3) is 0.471. The van der Waals surface area contributed by atoms with Crippen LogP contribution in [0.2, 0.25) is 0 Å². The molecule has 3 rings (SSSR count). The van der Waals surface area contributed by atoms with E-state index in [1.54, 1.807) is 0 Å². The Morgan fingerprint density at radius 1 is 1.24 bits per heavy atom. The van der Waals surface area contributed by atoms with Crippen molar-refractivity contribution in [3.63, 3.8) is 0 Å². The molecule has 0 spiro atoms. The third kappa shape index (κ3) is 2.89. The highest BCUT2D eigenvalue weighted by Gasteiger charge is 2.27. The quantitative estimate of drug-likeness (QED) is 0.653. The van der Waals surface area contributed by atoms with Crippen LogP contribution < -0.4 is 5.73 Å². The van der Waals surface area contributed by atoms with E-state index in [9.17, 15) is 4.79 Å². The fourth-order valence-corrected chi connectivity index (χ4v) is 3.08. The molecule has 1 aromatic heterocycles. The van der Waals surface area contributed by atoms with Crippen LogP contribution in [0.15, 0.2) is 24.3 Å². The summed E-state index contributed by atoms with van der Waals surface area (Å²) in [4.78, 5) is 15.4. The van der Waals surface area contributed by atoms with Crippen LogP contribution in [0.25, 0.3) is 10.9 Å². The Labute approximate surface area is 124 Å². The number of aromatic amines is 1. The monoisotopic (exact) mass is 286 g/mol. The first-order valence-electron chi connectivity index (χ1n) is 7.62. The number of nitrogens with two attached hydrogens (primary N) is 1. The molecule has 1 fully saturated rings. The van der Waals surface area contributed by atoms with E-state index in [4.69, 9.17) is 10.5 Å². The number of aromatic nitrogens is 1. The summed E-state index contributed by atoms with van der Waals surface area (Å²) in [6, 6.07) is 7.36. The summed E-state index contributed by atoms with van der Waals surface area (Å²) in [5, 5.41) is 0.938. The van der Waals surface area contributed by atoms with Gasteiger partial charge in [0.2, 0.25) is 0 Å². The minimum Gasteiger partial charge on any atom is -0.458 e. The van der Waals surface area contributed by atoms with Crippen LogP contribution in [-0.4, -0.2) is 17.1 Å². The van der Waals surface area contributed by atoms with Gasteiger partial charge in [-0.25, -0.2) is 4.79 Å². The van der Waals surface area contributed by atoms with E-state index in [2.05, 4.69) is 18.8 Å². The predicted octanol–water partition coefficient (Wildman–Crippen LogP) is 3.73. The number of ether oxygens (including phenoxy) is 1. The van der Waals surface area contributed by atoms with Crippen molar-refractivity contribution in [3.8, 4) is 0 Å². The van der Waals surface area contributed by atoms with E-state index in [-0.39, 0.29) is 12.1 Å². The molecule has 0 amide bonds. The van der Waals surface area contributed by atoms with Gasteiger partial charge >= 0.3 is 5.97 Å². The van der Waals surface area contributed by atoms with Gasteiger partial charge in [-0.2, -0.15) is 0 Å². The number of nitrogens with one attached hydrogen (secondary N) is 1. The Hall–Kier alpha value is -1.97. The van der Waals surface area contributed by atoms with E-state index >= 15 is 0 Å². The number of benzene rings is 1. The first kappa shape index (κ1) is 14.0. The van der Waals surface area contributed by atoms with E-state index in [0.29, 0.717) is 17.3 Å². The second-order valence-electron chi connectivity index (χ2n) is 6.32. The molecule has 1 aromatic carbocycles. The lowest BCUT2D eigenvalue weighted by atomic mass is 9.80. The summed E-state index contributed by atoms with van der Waals surface area (Å²) in [5.74, 6) is 1.06. The van der Waals surface area contributed by atoms with Crippen molar-refractivity contribution < 1.29 is 9.53 Å². The maximum absolute atomic E-state index is 12.3. The van der Waals surface area contributed by atoms with Gasteiger partial charge in [-0.1, -0.05) is 13.8 Å². The average molecular weight is 286 g/mol. The van der Waals surface area contributed by atoms with Gasteiger partial charge in [-0.15, -0.1) is 0 Å². The molecular formula is C17H22N2O2. The minimum absolute atomic E-state index is 0.0418. The standard InChI is InChI=1S/C17H22N2O2/c1-10-3-5-14(7-11(10)2)21-17(20)16-9-12-8-13(18)4-6-15(12)19-16/h4,6,8-11,14,19H,3,5,7,18H2,1-2H3. The highest BCUT2D eigenvalue weighted by Crippen LogP contribution is 2.31. The predicted molar refractivity (Wildman–Crippen MR) is 84.1 cm³/mol. The number of rotatable bonds is 2. The zero-order valence-corrected chi connectivity index (χ0v) is 12.6. The molecule has 3 unspecified atom stereocenters. The minimum atomic E-state index is -0.267. The molecule has 21 heavy (non-hydrogen) atoms. The third-order valence-electron chi connectivity index (χ3n) is 4.69. The van der Waals surface area contributed by atoms with E-state index in [0.717, 1.165) is 36.1 Å². The molecule has 4 nitrogen and oxygen atoms in total. The van der Waals surface area contributed by atoms with Gasteiger partial charge in [-0.05, 0) is 55.4 Å². The number of anilines is 1. The highest BCUT2D eigenvalue weighted by molar-refractivity contribution is 5.95. The number of hydrogen-bond donors (Lipinski definition) is 2. The zero-order valence-electron chi connectivity index (χ0n) is 12.6. The van der Waals surface area contributed by atoms with Crippen LogP contribution in [0.5, 0.6) is 0 Å². The molecule has 0 radical (unpaired) electrons. The topological polar surface area (TPSA) is 68.1 Å². The summed E-state index contributed by atoms with van der Waals surface area (Å²) >= 11 is 0. The van der Waals surface area contributed by atoms with Crippen molar-refractivity contribution in [3.05, 3.63) is 30.0 Å². The summed E-state index contributed by atoms with van der Waals surface area (Å²) in [5.41, 5.74) is 7.85. The largest absolute Gasteiger partial charge is 0.458 e. The fourth-order valence-electron chi connectivity index (χ4n) is 3.08. The number of nitrogen functional groups attached to an aromatic ring is 1. The third-order valence-corrected chi connectivity index (χ3v) is 4.69. The van der Waals surface area contributed by atoms with Crippen LogP contribution in [-0.2, 0) is 4.74 Å². The first-order valence-corrected chi connectivity index (χ1v) is 7.62. The zero-order chi connectivity index (χ0) is 15.0. The molecular weight excluding hydrogens is 264 g/mol. The van der Waals surface area contributed by atoms with Crippen molar-refractivity contribution in [2.45, 2.75) is 39.2 Å². The van der Waals surface area contributed by atoms with Crippen LogP contribution in [0.1, 0.15) is 43.6 Å². The molecule has 3 N–H and O–H groups in total. The second-order valence-corrected chi connectivity index (χ2v) is 6.32. The molecule has 2 aromatic rings. The average Bonchev–Trinajstić information content (AvgIpc) is 2.86. The Morgan fingerprint density at radius 2 is 2.05 bits per heavy atom. The van der Waals surface area contributed by atoms with E-state index in [1.807, 2.05) is 24.3 Å². The molecule has 1 aliphatic rings. The number of carbonyl (C=O) groups is 1. The Balaban J connectivity index is 1.72. The van der Waals surface area contributed by atoms with Gasteiger partial charge in [0.05, 0.1) is 0 Å². The molecule has 112 valence electrons. The Morgan fingerprint density at radius 3 is 2.81 bits per heavy atom. The number of H-pyrrole nitrogens is 1. The second kappa shape index (κ2) is 5.43. The number of hydrogen-bond acceptors (Lipinski definition) is 3. The SMILES string of the molecule is CC1CCC(OC(=O)c2cc3cc(N)ccc3[nH]2)CC1C. The molecule has 4 heteroatoms. The van der Waals surface area contributed by atoms with Crippen LogP contribution in [0.3, 0.4) is 0 Å². The van der Waals surface area contributed by atoms with Crippen molar-refractivity contribution in [2.75, 3.05) is 5.73 Å². The number of carbonyl (C=O) groups excluding carboxylic acids is 1. The maximum Gasteiger partial charge on any atom is 0.355 e. The van der Waals surface area contributed by atoms with E-state index < -0.39 is 0 Å². The lowest BCUT2D eigenvalue weighted by Gasteiger charge is -2.31. The van der Waals surface area contributed by atoms with Gasteiger partial charge in [0.25, 0.3) is 0 Å². The highest BCUT2D eigenvalue weighted by atomic mass is 16.5. The first-order chi connectivity index (χ1) is 10.0. The van der Waals surface area contributed by atoms with Crippen molar-refractivity contribution in [1.29, 1.82) is 0 Å². The molecule has 0 bridgehead atoms. The molecule has 3 atom stereocenters. The maximum atomic E-state index is 12.3. The summed E-state index contributed by atoms with van der Waals surface area (Å²) in [6.07, 6.45) is 3.09. The van der Waals surface area contributed by atoms with Crippen LogP contribution in [0, 0.1) is 11.8 Å². The van der Waals surface area contributed by atoms with Gasteiger partial charge in [0.15, 0.2) is 0 Å². The molecule has 0 aliphatic heterocycles. The Bertz CT molecular complexity index is 662. The molecule has 0 saturated heterocycles. The summed E-state index contributed by atoms with van der Waals surface area (Å²) in [7, 11) is 0. The summed E-state index contributed by atoms with van der Waals surface area (Å²) in [6.45, 7) is 4.50. The Kier molecular flexibility index (Phi) is 3.62. The molecule has 1 heterocycles. The molecule has 1 saturated carbocycles. The lowest BCUT2D eigenvalue weighted by molar-refractivity contribution is 0.00828. The van der Waals surface area contributed by atoms with Gasteiger partial charge < -0.3 is 15.5 Å². The number of fused-ring (bicyclic) bond motifs is 1. The van der Waals surface area contributed by atoms with Gasteiger partial charge in [0.1, 0.15) is 11.8 Å². The van der Waals surface area contributed by atoms with Gasteiger partial charge in [-0.3, -0.25) is 0 Å². The van der Waals surface area contributed by atoms with Crippen molar-refractivity contribution >= 4 is 22.6 Å². The summed E-state index contributed by atoms with van der Waals surface area (Å²) < 4.78 is 5.65. The lowest BCUT2D eigenvalue weighted by Crippen LogP contribution is -2.28. The van der Waals surface area contributed by atoms with Crippen molar-refractivity contribution in [2.24, 2.45) is 11.8 Å². The number of esters is 1. The van der Waals surface area contributed by atoms with Crippen molar-refractivity contribution in [1.82, 2.24) is 4.98 Å².